The highest BCUT2D eigenvalue weighted by atomic mass is 127. The van der Waals surface area contributed by atoms with Crippen LogP contribution < -0.4 is 10.7 Å². The van der Waals surface area contributed by atoms with Crippen molar-refractivity contribution < 1.29 is 9.90 Å². The second-order valence-electron chi connectivity index (χ2n) is 6.28. The van der Waals surface area contributed by atoms with E-state index in [1.807, 2.05) is 55.5 Å². The van der Waals surface area contributed by atoms with Crippen LogP contribution in [0.25, 0.3) is 10.8 Å². The standard InChI is InChI=1S/C21H20IN3O2/c1-13-11-16(8-9-19(13)22)24-14(2)21(27)25-23-12-18-17-6-4-3-5-15(17)7-10-20(18)26/h3-12,14,24,26H,1-2H3,(H,25,27)/b23-12+. The summed E-state index contributed by atoms with van der Waals surface area (Å²) in [7, 11) is 0. The Balaban J connectivity index is 1.68. The summed E-state index contributed by atoms with van der Waals surface area (Å²) in [6.07, 6.45) is 1.47. The Kier molecular flexibility index (Phi) is 5.95. The van der Waals surface area contributed by atoms with Gasteiger partial charge in [0, 0.05) is 14.8 Å². The molecule has 3 aromatic carbocycles. The molecule has 1 atom stereocenters. The molecule has 0 saturated heterocycles. The van der Waals surface area contributed by atoms with Gasteiger partial charge in [0.25, 0.3) is 5.91 Å². The van der Waals surface area contributed by atoms with Gasteiger partial charge in [-0.25, -0.2) is 5.43 Å². The summed E-state index contributed by atoms with van der Waals surface area (Å²) in [6, 6.07) is 16.6. The number of hydrogen-bond donors (Lipinski definition) is 3. The largest absolute Gasteiger partial charge is 0.507 e. The van der Waals surface area contributed by atoms with Crippen molar-refractivity contribution in [3.8, 4) is 5.75 Å². The topological polar surface area (TPSA) is 73.7 Å². The summed E-state index contributed by atoms with van der Waals surface area (Å²) in [4.78, 5) is 12.3. The number of amides is 1. The lowest BCUT2D eigenvalue weighted by atomic mass is 10.0. The van der Waals surface area contributed by atoms with Crippen LogP contribution >= 0.6 is 22.6 Å². The second-order valence-corrected chi connectivity index (χ2v) is 7.45. The average Bonchev–Trinajstić information content (AvgIpc) is 2.66. The molecule has 27 heavy (non-hydrogen) atoms. The van der Waals surface area contributed by atoms with Crippen LogP contribution in [0.2, 0.25) is 0 Å². The highest BCUT2D eigenvalue weighted by Gasteiger charge is 2.12. The zero-order valence-corrected chi connectivity index (χ0v) is 17.2. The predicted octanol–water partition coefficient (Wildman–Crippen LogP) is 4.41. The molecular formula is C21H20IN3O2. The van der Waals surface area contributed by atoms with Crippen LogP contribution in [0.15, 0.2) is 59.7 Å². The van der Waals surface area contributed by atoms with E-state index in [1.54, 1.807) is 13.0 Å². The lowest BCUT2D eigenvalue weighted by molar-refractivity contribution is -0.121. The summed E-state index contributed by atoms with van der Waals surface area (Å²) >= 11 is 2.27. The number of anilines is 1. The van der Waals surface area contributed by atoms with Gasteiger partial charge < -0.3 is 10.4 Å². The molecule has 6 heteroatoms. The van der Waals surface area contributed by atoms with Gasteiger partial charge in [-0.3, -0.25) is 4.79 Å². The van der Waals surface area contributed by atoms with Gasteiger partial charge in [0.1, 0.15) is 11.8 Å². The van der Waals surface area contributed by atoms with E-state index < -0.39 is 6.04 Å². The summed E-state index contributed by atoms with van der Waals surface area (Å²) in [6.45, 7) is 3.80. The summed E-state index contributed by atoms with van der Waals surface area (Å²) in [5.41, 5.74) is 5.13. The molecule has 0 heterocycles. The molecule has 0 radical (unpaired) electrons. The van der Waals surface area contributed by atoms with E-state index in [1.165, 1.54) is 9.78 Å². The van der Waals surface area contributed by atoms with Gasteiger partial charge in [-0.15, -0.1) is 0 Å². The highest BCUT2D eigenvalue weighted by Crippen LogP contribution is 2.25. The molecule has 0 bridgehead atoms. The zero-order chi connectivity index (χ0) is 19.4. The number of benzene rings is 3. The van der Waals surface area contributed by atoms with Gasteiger partial charge >= 0.3 is 0 Å². The third-order valence-corrected chi connectivity index (χ3v) is 5.46. The number of carbonyl (C=O) groups excluding carboxylic acids is 1. The number of nitrogens with zero attached hydrogens (tertiary/aromatic N) is 1. The number of hydrogen-bond acceptors (Lipinski definition) is 4. The predicted molar refractivity (Wildman–Crippen MR) is 118 cm³/mol. The maximum Gasteiger partial charge on any atom is 0.262 e. The van der Waals surface area contributed by atoms with Crippen molar-refractivity contribution in [3.05, 3.63) is 69.3 Å². The van der Waals surface area contributed by atoms with E-state index >= 15 is 0 Å². The van der Waals surface area contributed by atoms with E-state index in [9.17, 15) is 9.90 Å². The van der Waals surface area contributed by atoms with Crippen LogP contribution in [0.5, 0.6) is 5.75 Å². The minimum Gasteiger partial charge on any atom is -0.507 e. The number of nitrogens with one attached hydrogen (secondary N) is 2. The van der Waals surface area contributed by atoms with Gasteiger partial charge in [0.15, 0.2) is 0 Å². The zero-order valence-electron chi connectivity index (χ0n) is 15.0. The smallest absolute Gasteiger partial charge is 0.262 e. The SMILES string of the molecule is Cc1cc(NC(C)C(=O)N/N=C/c2c(O)ccc3ccccc23)ccc1I. The first-order chi connectivity index (χ1) is 13.0. The Morgan fingerprint density at radius 2 is 1.96 bits per heavy atom. The molecule has 0 aliphatic heterocycles. The van der Waals surface area contributed by atoms with Crippen molar-refractivity contribution in [2.24, 2.45) is 5.10 Å². The normalized spacial score (nSPS) is 12.3. The lowest BCUT2D eigenvalue weighted by Crippen LogP contribution is -2.34. The molecule has 0 aliphatic rings. The van der Waals surface area contributed by atoms with Crippen molar-refractivity contribution in [3.63, 3.8) is 0 Å². The monoisotopic (exact) mass is 473 g/mol. The van der Waals surface area contributed by atoms with Crippen molar-refractivity contribution in [1.29, 1.82) is 0 Å². The Bertz CT molecular complexity index is 1020. The molecule has 3 N–H and O–H groups in total. The van der Waals surface area contributed by atoms with Crippen LogP contribution in [-0.4, -0.2) is 23.3 Å². The van der Waals surface area contributed by atoms with Crippen molar-refractivity contribution >= 4 is 51.2 Å². The minimum atomic E-state index is -0.456. The average molecular weight is 473 g/mol. The number of phenols is 1. The fraction of sp³-hybridized carbons (Fsp3) is 0.143. The molecule has 0 fully saturated rings. The molecule has 0 aliphatic carbocycles. The number of carbonyl (C=O) groups is 1. The third-order valence-electron chi connectivity index (χ3n) is 4.25. The van der Waals surface area contributed by atoms with Crippen molar-refractivity contribution in [1.82, 2.24) is 5.43 Å². The Morgan fingerprint density at radius 3 is 2.74 bits per heavy atom. The second kappa shape index (κ2) is 8.39. The first-order valence-corrected chi connectivity index (χ1v) is 9.60. The van der Waals surface area contributed by atoms with Crippen LogP contribution in [-0.2, 0) is 4.79 Å². The maximum atomic E-state index is 12.3. The lowest BCUT2D eigenvalue weighted by Gasteiger charge is -2.14. The fourth-order valence-corrected chi connectivity index (χ4v) is 3.06. The van der Waals surface area contributed by atoms with Crippen LogP contribution in [0.4, 0.5) is 5.69 Å². The summed E-state index contributed by atoms with van der Waals surface area (Å²) in [5, 5.41) is 19.2. The molecule has 5 nitrogen and oxygen atoms in total. The van der Waals surface area contributed by atoms with Gasteiger partial charge in [0.05, 0.1) is 6.21 Å². The molecule has 0 spiro atoms. The van der Waals surface area contributed by atoms with Gasteiger partial charge in [0.2, 0.25) is 0 Å². The number of aryl methyl sites for hydroxylation is 1. The molecular weight excluding hydrogens is 453 g/mol. The maximum absolute atomic E-state index is 12.3. The molecule has 1 amide bonds. The minimum absolute atomic E-state index is 0.118. The van der Waals surface area contributed by atoms with Gasteiger partial charge in [-0.2, -0.15) is 5.10 Å². The van der Waals surface area contributed by atoms with Crippen molar-refractivity contribution in [2.45, 2.75) is 19.9 Å². The Morgan fingerprint density at radius 1 is 1.19 bits per heavy atom. The summed E-state index contributed by atoms with van der Waals surface area (Å²) in [5.74, 6) is -0.144. The molecule has 0 aromatic heterocycles. The number of hydrazone groups is 1. The van der Waals surface area contributed by atoms with E-state index in [2.05, 4.69) is 38.4 Å². The quantitative estimate of drug-likeness (QED) is 0.292. The fourth-order valence-electron chi connectivity index (χ4n) is 2.73. The van der Waals surface area contributed by atoms with Crippen LogP contribution in [0.1, 0.15) is 18.1 Å². The van der Waals surface area contributed by atoms with E-state index in [-0.39, 0.29) is 11.7 Å². The Hall–Kier alpha value is -2.61. The summed E-state index contributed by atoms with van der Waals surface area (Å²) < 4.78 is 1.18. The number of phenolic OH excluding ortho intramolecular Hbond substituents is 1. The van der Waals surface area contributed by atoms with Crippen LogP contribution in [0, 0.1) is 10.5 Å². The number of halogens is 1. The van der Waals surface area contributed by atoms with Crippen molar-refractivity contribution in [2.75, 3.05) is 5.32 Å². The first-order valence-electron chi connectivity index (χ1n) is 8.52. The first kappa shape index (κ1) is 19.2. The Labute approximate surface area is 171 Å². The third kappa shape index (κ3) is 4.57. The molecule has 3 rings (SSSR count). The van der Waals surface area contributed by atoms with Crippen LogP contribution in [0.3, 0.4) is 0 Å². The van der Waals surface area contributed by atoms with E-state index in [4.69, 9.17) is 0 Å². The number of aromatic hydroxyl groups is 1. The molecule has 0 saturated carbocycles. The van der Waals surface area contributed by atoms with E-state index in [0.29, 0.717) is 5.56 Å². The molecule has 138 valence electrons. The molecule has 3 aromatic rings. The van der Waals surface area contributed by atoms with E-state index in [0.717, 1.165) is 22.0 Å². The molecule has 1 unspecified atom stereocenters. The number of rotatable bonds is 5. The highest BCUT2D eigenvalue weighted by molar-refractivity contribution is 14.1. The van der Waals surface area contributed by atoms with Gasteiger partial charge in [-0.05, 0) is 77.0 Å². The van der Waals surface area contributed by atoms with Gasteiger partial charge in [-0.1, -0.05) is 30.3 Å². The number of fused-ring (bicyclic) bond motifs is 1.